The average molecular weight is 331 g/mol. The van der Waals surface area contributed by atoms with Crippen molar-refractivity contribution in [2.45, 2.75) is 79.3 Å². The Bertz CT molecular complexity index is 504. The summed E-state index contributed by atoms with van der Waals surface area (Å²) in [5.41, 5.74) is 3.37. The van der Waals surface area contributed by atoms with Gasteiger partial charge in [-0.15, -0.1) is 0 Å². The van der Waals surface area contributed by atoms with Gasteiger partial charge in [-0.3, -0.25) is 0 Å². The predicted molar refractivity (Wildman–Crippen MR) is 107 cm³/mol. The van der Waals surface area contributed by atoms with Gasteiger partial charge in [0.2, 0.25) is 0 Å². The molecule has 0 spiro atoms. The Balaban J connectivity index is 1.90. The van der Waals surface area contributed by atoms with Crippen LogP contribution in [0, 0.1) is 11.3 Å². The van der Waals surface area contributed by atoms with E-state index in [1.54, 1.807) is 0 Å². The first-order valence-corrected chi connectivity index (χ1v) is 9.66. The average Bonchev–Trinajstić information content (AvgIpc) is 2.92. The molecule has 2 unspecified atom stereocenters. The van der Waals surface area contributed by atoms with Gasteiger partial charge < -0.3 is 10.2 Å². The molecule has 24 heavy (non-hydrogen) atoms. The minimum atomic E-state index is 0.146. The summed E-state index contributed by atoms with van der Waals surface area (Å²) < 4.78 is 0. The molecular formula is C22H38N2. The van der Waals surface area contributed by atoms with Crippen molar-refractivity contribution in [3.63, 3.8) is 0 Å². The molecular weight excluding hydrogens is 292 g/mol. The Labute approximate surface area is 150 Å². The lowest BCUT2D eigenvalue weighted by atomic mass is 9.86. The molecule has 136 valence electrons. The number of rotatable bonds is 5. The molecule has 1 aromatic rings. The largest absolute Gasteiger partial charge is 0.371 e. The number of nitrogens with zero attached hydrogens (tertiary/aromatic N) is 1. The standard InChI is InChI=1S/C22H38N2/c1-17(23-22(5,6)7)19-8-10-20(11-9-19)24-15-13-18(16-24)12-14-21(2,3)4/h8-11,17-18,23H,12-16H2,1-7H3. The maximum Gasteiger partial charge on any atom is 0.0366 e. The van der Waals surface area contributed by atoms with Crippen molar-refractivity contribution in [1.29, 1.82) is 0 Å². The van der Waals surface area contributed by atoms with Crippen molar-refractivity contribution in [3.05, 3.63) is 29.8 Å². The Morgan fingerprint density at radius 2 is 1.71 bits per heavy atom. The summed E-state index contributed by atoms with van der Waals surface area (Å²) in [4.78, 5) is 2.57. The zero-order valence-electron chi connectivity index (χ0n) is 16.9. The highest BCUT2D eigenvalue weighted by Gasteiger charge is 2.24. The summed E-state index contributed by atoms with van der Waals surface area (Å²) in [5, 5.41) is 3.65. The zero-order valence-corrected chi connectivity index (χ0v) is 16.9. The van der Waals surface area contributed by atoms with E-state index in [2.05, 4.69) is 82.9 Å². The molecule has 1 fully saturated rings. The van der Waals surface area contributed by atoms with Crippen molar-refractivity contribution in [1.82, 2.24) is 5.32 Å². The van der Waals surface area contributed by atoms with E-state index in [9.17, 15) is 0 Å². The van der Waals surface area contributed by atoms with Gasteiger partial charge in [0.15, 0.2) is 0 Å². The summed E-state index contributed by atoms with van der Waals surface area (Å²) in [6, 6.07) is 9.59. The third-order valence-electron chi connectivity index (χ3n) is 5.00. The number of hydrogen-bond donors (Lipinski definition) is 1. The molecule has 0 bridgehead atoms. The molecule has 1 heterocycles. The first kappa shape index (κ1) is 19.3. The zero-order chi connectivity index (χ0) is 18.0. The normalized spacial score (nSPS) is 20.5. The number of anilines is 1. The molecule has 1 aromatic carbocycles. The number of benzene rings is 1. The molecule has 2 rings (SSSR count). The van der Waals surface area contributed by atoms with Gasteiger partial charge in [-0.2, -0.15) is 0 Å². The number of nitrogens with one attached hydrogen (secondary N) is 1. The Morgan fingerprint density at radius 3 is 2.25 bits per heavy atom. The van der Waals surface area contributed by atoms with Gasteiger partial charge in [0.05, 0.1) is 0 Å². The lowest BCUT2D eigenvalue weighted by Gasteiger charge is -2.27. The van der Waals surface area contributed by atoms with Crippen molar-refractivity contribution in [2.24, 2.45) is 11.3 Å². The van der Waals surface area contributed by atoms with E-state index >= 15 is 0 Å². The molecule has 0 saturated carbocycles. The van der Waals surface area contributed by atoms with E-state index < -0.39 is 0 Å². The van der Waals surface area contributed by atoms with Crippen molar-refractivity contribution < 1.29 is 0 Å². The van der Waals surface area contributed by atoms with E-state index in [0.29, 0.717) is 11.5 Å². The van der Waals surface area contributed by atoms with Crippen LogP contribution in [-0.4, -0.2) is 18.6 Å². The second-order valence-electron chi connectivity index (χ2n) is 9.91. The molecule has 0 aromatic heterocycles. The molecule has 0 amide bonds. The van der Waals surface area contributed by atoms with Gasteiger partial charge in [-0.05, 0) is 76.0 Å². The monoisotopic (exact) mass is 330 g/mol. The molecule has 1 aliphatic rings. The molecule has 1 aliphatic heterocycles. The van der Waals surface area contributed by atoms with E-state index in [-0.39, 0.29) is 5.54 Å². The lowest BCUT2D eigenvalue weighted by molar-refractivity contribution is 0.331. The van der Waals surface area contributed by atoms with Crippen LogP contribution >= 0.6 is 0 Å². The summed E-state index contributed by atoms with van der Waals surface area (Å²) >= 11 is 0. The second kappa shape index (κ2) is 7.47. The van der Waals surface area contributed by atoms with E-state index in [1.807, 2.05) is 0 Å². The predicted octanol–water partition coefficient (Wildman–Crippen LogP) is 5.79. The molecule has 1 N–H and O–H groups in total. The highest BCUT2D eigenvalue weighted by molar-refractivity contribution is 5.49. The van der Waals surface area contributed by atoms with Crippen LogP contribution < -0.4 is 10.2 Å². The third kappa shape index (κ3) is 6.12. The van der Waals surface area contributed by atoms with Gasteiger partial charge in [-0.25, -0.2) is 0 Å². The van der Waals surface area contributed by atoms with Crippen LogP contribution in [-0.2, 0) is 0 Å². The van der Waals surface area contributed by atoms with E-state index in [1.165, 1.54) is 43.6 Å². The molecule has 0 radical (unpaired) electrons. The van der Waals surface area contributed by atoms with Crippen molar-refractivity contribution in [2.75, 3.05) is 18.0 Å². The highest BCUT2D eigenvalue weighted by atomic mass is 15.1. The Morgan fingerprint density at radius 1 is 1.08 bits per heavy atom. The minimum absolute atomic E-state index is 0.146. The molecule has 1 saturated heterocycles. The maximum atomic E-state index is 3.65. The van der Waals surface area contributed by atoms with Gasteiger partial charge in [0, 0.05) is 30.4 Å². The molecule has 2 heteroatoms. The third-order valence-corrected chi connectivity index (χ3v) is 5.00. The first-order valence-electron chi connectivity index (χ1n) is 9.66. The quantitative estimate of drug-likeness (QED) is 0.735. The summed E-state index contributed by atoms with van der Waals surface area (Å²) in [5.74, 6) is 0.866. The first-order chi connectivity index (χ1) is 11.0. The highest BCUT2D eigenvalue weighted by Crippen LogP contribution is 2.31. The van der Waals surface area contributed by atoms with Crippen LogP contribution in [0.15, 0.2) is 24.3 Å². The van der Waals surface area contributed by atoms with Crippen LogP contribution in [0.3, 0.4) is 0 Å². The minimum Gasteiger partial charge on any atom is -0.371 e. The van der Waals surface area contributed by atoms with E-state index in [0.717, 1.165) is 5.92 Å². The van der Waals surface area contributed by atoms with Crippen molar-refractivity contribution in [3.8, 4) is 0 Å². The SMILES string of the molecule is CC(NC(C)(C)C)c1ccc(N2CCC(CCC(C)(C)C)C2)cc1. The summed E-state index contributed by atoms with van der Waals surface area (Å²) in [6.07, 6.45) is 4.05. The van der Waals surface area contributed by atoms with Crippen LogP contribution in [0.5, 0.6) is 0 Å². The van der Waals surface area contributed by atoms with Gasteiger partial charge in [0.25, 0.3) is 0 Å². The van der Waals surface area contributed by atoms with Gasteiger partial charge >= 0.3 is 0 Å². The molecule has 2 atom stereocenters. The van der Waals surface area contributed by atoms with Crippen LogP contribution in [0.25, 0.3) is 0 Å². The van der Waals surface area contributed by atoms with E-state index in [4.69, 9.17) is 0 Å². The second-order valence-corrected chi connectivity index (χ2v) is 9.91. The molecule has 0 aliphatic carbocycles. The fraction of sp³-hybridized carbons (Fsp3) is 0.727. The van der Waals surface area contributed by atoms with Gasteiger partial charge in [0.1, 0.15) is 0 Å². The maximum absolute atomic E-state index is 3.65. The fourth-order valence-corrected chi connectivity index (χ4v) is 3.65. The summed E-state index contributed by atoms with van der Waals surface area (Å²) in [6.45, 7) is 18.4. The topological polar surface area (TPSA) is 15.3 Å². The smallest absolute Gasteiger partial charge is 0.0366 e. The van der Waals surface area contributed by atoms with Crippen LogP contribution in [0.2, 0.25) is 0 Å². The van der Waals surface area contributed by atoms with Crippen molar-refractivity contribution >= 4 is 5.69 Å². The lowest BCUT2D eigenvalue weighted by Crippen LogP contribution is -2.37. The summed E-state index contributed by atoms with van der Waals surface area (Å²) in [7, 11) is 0. The Hall–Kier alpha value is -1.02. The number of hydrogen-bond acceptors (Lipinski definition) is 2. The Kier molecular flexibility index (Phi) is 6.01. The van der Waals surface area contributed by atoms with Crippen LogP contribution in [0.1, 0.15) is 79.3 Å². The fourth-order valence-electron chi connectivity index (χ4n) is 3.65. The molecule has 2 nitrogen and oxygen atoms in total. The van der Waals surface area contributed by atoms with Gasteiger partial charge in [-0.1, -0.05) is 32.9 Å². The van der Waals surface area contributed by atoms with Crippen LogP contribution in [0.4, 0.5) is 5.69 Å².